The smallest absolute Gasteiger partial charge is 0.333 e. The van der Waals surface area contributed by atoms with Crippen LogP contribution in [0.15, 0.2) is 11.6 Å². The summed E-state index contributed by atoms with van der Waals surface area (Å²) in [6, 6.07) is 3.93. The van der Waals surface area contributed by atoms with Crippen LogP contribution in [0.2, 0.25) is 0 Å². The molecule has 0 atom stereocenters. The molecule has 0 aromatic heterocycles. The van der Waals surface area contributed by atoms with E-state index in [1.807, 2.05) is 19.1 Å². The maximum absolute atomic E-state index is 11.2. The molecular weight excluding hydrogens is 206 g/mol. The molecule has 5 nitrogen and oxygen atoms in total. The number of methoxy groups -OCH3 is 1. The Morgan fingerprint density at radius 2 is 1.94 bits per heavy atom. The summed E-state index contributed by atoms with van der Waals surface area (Å²) >= 11 is 0. The summed E-state index contributed by atoms with van der Waals surface area (Å²) in [5.74, 6) is -0.364. The standard InChI is InChI=1S/C11H15N3O2/c1-3-10(11(15)16-2)4-7-14(8-5-12)9-6-13/h4H,3,7-9H2,1-2H3. The minimum Gasteiger partial charge on any atom is -0.466 e. The van der Waals surface area contributed by atoms with Crippen LogP contribution < -0.4 is 0 Å². The van der Waals surface area contributed by atoms with E-state index in [0.29, 0.717) is 18.5 Å². The van der Waals surface area contributed by atoms with E-state index in [1.165, 1.54) is 7.11 Å². The van der Waals surface area contributed by atoms with Crippen molar-refractivity contribution >= 4 is 5.97 Å². The minimum absolute atomic E-state index is 0.169. The van der Waals surface area contributed by atoms with Crippen molar-refractivity contribution in [3.8, 4) is 12.1 Å². The molecule has 0 aliphatic heterocycles. The van der Waals surface area contributed by atoms with Crippen LogP contribution in [0, 0.1) is 22.7 Å². The molecule has 0 aromatic rings. The van der Waals surface area contributed by atoms with Crippen LogP contribution in [-0.2, 0) is 9.53 Å². The lowest BCUT2D eigenvalue weighted by atomic mass is 10.2. The second-order valence-corrected chi connectivity index (χ2v) is 3.06. The fourth-order valence-electron chi connectivity index (χ4n) is 1.13. The molecule has 0 aliphatic carbocycles. The highest BCUT2D eigenvalue weighted by Crippen LogP contribution is 2.03. The normalized spacial score (nSPS) is 10.7. The van der Waals surface area contributed by atoms with Crippen molar-refractivity contribution in [3.05, 3.63) is 11.6 Å². The molecule has 0 fully saturated rings. The lowest BCUT2D eigenvalue weighted by molar-refractivity contribution is -0.136. The van der Waals surface area contributed by atoms with E-state index in [4.69, 9.17) is 10.5 Å². The highest BCUT2D eigenvalue weighted by Gasteiger charge is 2.08. The van der Waals surface area contributed by atoms with Gasteiger partial charge in [0.2, 0.25) is 0 Å². The van der Waals surface area contributed by atoms with E-state index < -0.39 is 0 Å². The molecule has 0 radical (unpaired) electrons. The summed E-state index contributed by atoms with van der Waals surface area (Å²) in [4.78, 5) is 12.9. The summed E-state index contributed by atoms with van der Waals surface area (Å²) in [5, 5.41) is 17.1. The monoisotopic (exact) mass is 221 g/mol. The molecule has 0 amide bonds. The fraction of sp³-hybridized carbons (Fsp3) is 0.545. The van der Waals surface area contributed by atoms with Gasteiger partial charge in [-0.05, 0) is 6.42 Å². The Labute approximate surface area is 95.5 Å². The first-order valence-corrected chi connectivity index (χ1v) is 4.93. The zero-order chi connectivity index (χ0) is 12.4. The van der Waals surface area contributed by atoms with E-state index in [1.54, 1.807) is 11.0 Å². The molecule has 0 aromatic carbocycles. The maximum Gasteiger partial charge on any atom is 0.333 e. The van der Waals surface area contributed by atoms with Gasteiger partial charge in [0.1, 0.15) is 0 Å². The SMILES string of the molecule is CCC(=CCN(CC#N)CC#N)C(=O)OC. The Hall–Kier alpha value is -1.85. The van der Waals surface area contributed by atoms with Gasteiger partial charge in [0.25, 0.3) is 0 Å². The number of ether oxygens (including phenoxy) is 1. The Morgan fingerprint density at radius 3 is 2.31 bits per heavy atom. The first-order valence-electron chi connectivity index (χ1n) is 4.93. The fourth-order valence-corrected chi connectivity index (χ4v) is 1.13. The molecular formula is C11H15N3O2. The van der Waals surface area contributed by atoms with Crippen LogP contribution in [0.5, 0.6) is 0 Å². The van der Waals surface area contributed by atoms with Crippen molar-refractivity contribution < 1.29 is 9.53 Å². The summed E-state index contributed by atoms with van der Waals surface area (Å²) in [6.45, 7) is 2.59. The Morgan fingerprint density at radius 1 is 1.38 bits per heavy atom. The third-order valence-corrected chi connectivity index (χ3v) is 2.01. The van der Waals surface area contributed by atoms with E-state index >= 15 is 0 Å². The van der Waals surface area contributed by atoms with Gasteiger partial charge in [0.05, 0.1) is 32.3 Å². The quantitative estimate of drug-likeness (QED) is 0.377. The van der Waals surface area contributed by atoms with Crippen molar-refractivity contribution in [2.24, 2.45) is 0 Å². The van der Waals surface area contributed by atoms with Gasteiger partial charge < -0.3 is 4.74 Å². The van der Waals surface area contributed by atoms with Crippen molar-refractivity contribution in [1.82, 2.24) is 4.90 Å². The summed E-state index contributed by atoms with van der Waals surface area (Å²) < 4.78 is 4.60. The zero-order valence-corrected chi connectivity index (χ0v) is 9.56. The third kappa shape index (κ3) is 5.14. The topological polar surface area (TPSA) is 77.1 Å². The minimum atomic E-state index is -0.364. The molecule has 16 heavy (non-hydrogen) atoms. The highest BCUT2D eigenvalue weighted by atomic mass is 16.5. The molecule has 0 unspecified atom stereocenters. The van der Waals surface area contributed by atoms with E-state index in [9.17, 15) is 4.79 Å². The molecule has 0 spiro atoms. The van der Waals surface area contributed by atoms with Gasteiger partial charge >= 0.3 is 5.97 Å². The number of nitrogens with zero attached hydrogens (tertiary/aromatic N) is 3. The Balaban J connectivity index is 4.45. The van der Waals surface area contributed by atoms with Crippen LogP contribution in [0.25, 0.3) is 0 Å². The largest absolute Gasteiger partial charge is 0.466 e. The van der Waals surface area contributed by atoms with E-state index in [2.05, 4.69) is 4.74 Å². The average Bonchev–Trinajstić information content (AvgIpc) is 2.29. The van der Waals surface area contributed by atoms with Gasteiger partial charge in [-0.25, -0.2) is 4.79 Å². The van der Waals surface area contributed by atoms with Crippen LogP contribution >= 0.6 is 0 Å². The van der Waals surface area contributed by atoms with Gasteiger partial charge in [0.15, 0.2) is 0 Å². The predicted molar refractivity (Wildman–Crippen MR) is 58.1 cm³/mol. The molecule has 0 aliphatic rings. The third-order valence-electron chi connectivity index (χ3n) is 2.01. The van der Waals surface area contributed by atoms with Gasteiger partial charge in [-0.15, -0.1) is 0 Å². The highest BCUT2D eigenvalue weighted by molar-refractivity contribution is 5.88. The van der Waals surface area contributed by atoms with Crippen LogP contribution in [0.1, 0.15) is 13.3 Å². The second-order valence-electron chi connectivity index (χ2n) is 3.06. The van der Waals surface area contributed by atoms with Gasteiger partial charge in [0, 0.05) is 12.1 Å². The number of hydrogen-bond donors (Lipinski definition) is 0. The lowest BCUT2D eigenvalue weighted by Gasteiger charge is -2.12. The van der Waals surface area contributed by atoms with Crippen LogP contribution in [0.4, 0.5) is 0 Å². The molecule has 86 valence electrons. The molecule has 0 rings (SSSR count). The molecule has 0 bridgehead atoms. The van der Waals surface area contributed by atoms with Crippen molar-refractivity contribution in [2.75, 3.05) is 26.7 Å². The van der Waals surface area contributed by atoms with Crippen LogP contribution in [0.3, 0.4) is 0 Å². The first kappa shape index (κ1) is 14.2. The summed E-state index contributed by atoms with van der Waals surface area (Å²) in [6.07, 6.45) is 2.26. The summed E-state index contributed by atoms with van der Waals surface area (Å²) in [7, 11) is 1.33. The molecule has 0 saturated carbocycles. The van der Waals surface area contributed by atoms with Gasteiger partial charge in [-0.2, -0.15) is 10.5 Å². The van der Waals surface area contributed by atoms with Crippen LogP contribution in [-0.4, -0.2) is 37.6 Å². The van der Waals surface area contributed by atoms with Gasteiger partial charge in [-0.1, -0.05) is 13.0 Å². The maximum atomic E-state index is 11.2. The van der Waals surface area contributed by atoms with E-state index in [0.717, 1.165) is 0 Å². The second kappa shape index (κ2) is 8.46. The Kier molecular flexibility index (Phi) is 7.48. The molecule has 0 N–H and O–H groups in total. The van der Waals surface area contributed by atoms with Crippen molar-refractivity contribution in [2.45, 2.75) is 13.3 Å². The first-order chi connectivity index (χ1) is 7.69. The van der Waals surface area contributed by atoms with Crippen molar-refractivity contribution in [3.63, 3.8) is 0 Å². The van der Waals surface area contributed by atoms with Crippen molar-refractivity contribution in [1.29, 1.82) is 10.5 Å². The predicted octanol–water partition coefficient (Wildman–Crippen LogP) is 0.845. The zero-order valence-electron chi connectivity index (χ0n) is 9.56. The average molecular weight is 221 g/mol. The molecule has 0 saturated heterocycles. The summed E-state index contributed by atoms with van der Waals surface area (Å²) in [5.41, 5.74) is 0.559. The number of carbonyl (C=O) groups excluding carboxylic acids is 1. The number of rotatable bonds is 6. The Bertz CT molecular complexity index is 320. The number of nitriles is 2. The lowest BCUT2D eigenvalue weighted by Crippen LogP contribution is -2.25. The molecule has 5 heteroatoms. The molecule has 0 heterocycles. The van der Waals surface area contributed by atoms with E-state index in [-0.39, 0.29) is 19.1 Å². The number of hydrogen-bond acceptors (Lipinski definition) is 5. The number of esters is 1. The number of carbonyl (C=O) groups is 1. The van der Waals surface area contributed by atoms with Gasteiger partial charge in [-0.3, -0.25) is 4.90 Å².